The van der Waals surface area contributed by atoms with Crippen molar-refractivity contribution in [3.8, 4) is 0 Å². The van der Waals surface area contributed by atoms with Crippen molar-refractivity contribution in [3.05, 3.63) is 0 Å². The Hall–Kier alpha value is -0.320. The molecule has 1 fully saturated rings. The van der Waals surface area contributed by atoms with Crippen LogP contribution < -0.4 is 5.32 Å². The maximum Gasteiger partial charge on any atom is 0.223 e. The summed E-state index contributed by atoms with van der Waals surface area (Å²) in [5, 5.41) is 3.38. The molecule has 1 saturated heterocycles. The first kappa shape index (κ1) is 16.7. The number of halogens is 1. The van der Waals surface area contributed by atoms with E-state index < -0.39 is 0 Å². The van der Waals surface area contributed by atoms with E-state index in [0.29, 0.717) is 12.5 Å². The van der Waals surface area contributed by atoms with Crippen LogP contribution in [0.15, 0.2) is 0 Å². The zero-order valence-corrected chi connectivity index (χ0v) is 12.1. The number of nitrogens with zero attached hydrogens (tertiary/aromatic N) is 2. The number of carbonyl (C=O) groups excluding carboxylic acids is 1. The Morgan fingerprint density at radius 3 is 2.53 bits per heavy atom. The van der Waals surface area contributed by atoms with Gasteiger partial charge in [0.25, 0.3) is 0 Å². The fraction of sp³-hybridized carbons (Fsp3) is 0.917. The number of amides is 1. The largest absolute Gasteiger partial charge is 0.349 e. The molecule has 1 N–H and O–H groups in total. The van der Waals surface area contributed by atoms with Crippen molar-refractivity contribution < 1.29 is 4.79 Å². The first-order chi connectivity index (χ1) is 7.65. The maximum atomic E-state index is 11.6. The predicted octanol–water partition coefficient (Wildman–Crippen LogP) is 0.960. The molecule has 1 rings (SSSR count). The molecule has 4 nitrogen and oxygen atoms in total. The molecule has 0 aromatic rings. The summed E-state index contributed by atoms with van der Waals surface area (Å²) < 4.78 is 0. The van der Waals surface area contributed by atoms with Crippen molar-refractivity contribution in [2.75, 3.05) is 40.3 Å². The maximum absolute atomic E-state index is 11.6. The molecule has 0 radical (unpaired) electrons. The number of nitrogens with one attached hydrogen (secondary N) is 1. The molecule has 1 aliphatic rings. The third-order valence-electron chi connectivity index (χ3n) is 3.17. The highest BCUT2D eigenvalue weighted by atomic mass is 35.5. The van der Waals surface area contributed by atoms with Gasteiger partial charge in [0.15, 0.2) is 0 Å². The minimum atomic E-state index is 0. The lowest BCUT2D eigenvalue weighted by Gasteiger charge is -2.28. The highest BCUT2D eigenvalue weighted by molar-refractivity contribution is 5.85. The Bertz CT molecular complexity index is 218. The molecule has 0 aromatic heterocycles. The smallest absolute Gasteiger partial charge is 0.223 e. The molecule has 0 aromatic carbocycles. The van der Waals surface area contributed by atoms with Gasteiger partial charge in [0.1, 0.15) is 0 Å². The molecule has 0 aliphatic carbocycles. The van der Waals surface area contributed by atoms with E-state index in [4.69, 9.17) is 0 Å². The van der Waals surface area contributed by atoms with E-state index in [9.17, 15) is 4.79 Å². The highest BCUT2D eigenvalue weighted by Crippen LogP contribution is 2.10. The Morgan fingerprint density at radius 2 is 2.06 bits per heavy atom. The molecule has 1 aliphatic heterocycles. The van der Waals surface area contributed by atoms with Crippen molar-refractivity contribution >= 4 is 18.3 Å². The molecule has 102 valence electrons. The van der Waals surface area contributed by atoms with E-state index in [1.807, 2.05) is 14.1 Å². The minimum absolute atomic E-state index is 0. The summed E-state index contributed by atoms with van der Waals surface area (Å²) in [6.07, 6.45) is 3.02. The van der Waals surface area contributed by atoms with Crippen LogP contribution in [0.3, 0.4) is 0 Å². The SMILES string of the molecule is CCCN(CCC(=O)N(C)C)C1CCNC1.Cl. The fourth-order valence-corrected chi connectivity index (χ4v) is 2.18. The van der Waals surface area contributed by atoms with Gasteiger partial charge in [0.2, 0.25) is 5.91 Å². The average Bonchev–Trinajstić information content (AvgIpc) is 2.76. The van der Waals surface area contributed by atoms with E-state index in [0.717, 1.165) is 32.6 Å². The molecule has 0 saturated carbocycles. The molecule has 1 atom stereocenters. The summed E-state index contributed by atoms with van der Waals surface area (Å²) in [5.41, 5.74) is 0. The lowest BCUT2D eigenvalue weighted by atomic mass is 10.2. The first-order valence-corrected chi connectivity index (χ1v) is 6.30. The van der Waals surface area contributed by atoms with E-state index in [1.165, 1.54) is 6.42 Å². The van der Waals surface area contributed by atoms with Crippen LogP contribution in [0.1, 0.15) is 26.2 Å². The van der Waals surface area contributed by atoms with E-state index >= 15 is 0 Å². The first-order valence-electron chi connectivity index (χ1n) is 6.30. The third-order valence-corrected chi connectivity index (χ3v) is 3.17. The van der Waals surface area contributed by atoms with Gasteiger partial charge in [-0.2, -0.15) is 0 Å². The summed E-state index contributed by atoms with van der Waals surface area (Å²) in [6.45, 7) is 6.40. The number of hydrogen-bond donors (Lipinski definition) is 1. The van der Waals surface area contributed by atoms with Gasteiger partial charge < -0.3 is 10.2 Å². The van der Waals surface area contributed by atoms with E-state index in [-0.39, 0.29) is 18.3 Å². The van der Waals surface area contributed by atoms with Gasteiger partial charge in [-0.25, -0.2) is 0 Å². The minimum Gasteiger partial charge on any atom is -0.349 e. The monoisotopic (exact) mass is 263 g/mol. The van der Waals surface area contributed by atoms with Crippen LogP contribution in [-0.4, -0.2) is 62.0 Å². The van der Waals surface area contributed by atoms with Crippen LogP contribution in [0.4, 0.5) is 0 Å². The van der Waals surface area contributed by atoms with Crippen LogP contribution >= 0.6 is 12.4 Å². The molecular formula is C12H26ClN3O. The molecule has 1 unspecified atom stereocenters. The number of carbonyl (C=O) groups is 1. The van der Waals surface area contributed by atoms with Crippen LogP contribution in [0.25, 0.3) is 0 Å². The van der Waals surface area contributed by atoms with Gasteiger partial charge in [-0.15, -0.1) is 12.4 Å². The lowest BCUT2D eigenvalue weighted by molar-refractivity contribution is -0.129. The topological polar surface area (TPSA) is 35.6 Å². The van der Waals surface area contributed by atoms with Gasteiger partial charge >= 0.3 is 0 Å². The molecule has 17 heavy (non-hydrogen) atoms. The summed E-state index contributed by atoms with van der Waals surface area (Å²) in [4.78, 5) is 15.7. The summed E-state index contributed by atoms with van der Waals surface area (Å²) in [7, 11) is 3.65. The van der Waals surface area contributed by atoms with Crippen molar-refractivity contribution in [2.24, 2.45) is 0 Å². The van der Waals surface area contributed by atoms with Crippen molar-refractivity contribution in [1.82, 2.24) is 15.1 Å². The normalized spacial score (nSPS) is 19.2. The van der Waals surface area contributed by atoms with Gasteiger partial charge in [0, 0.05) is 39.6 Å². The molecule has 0 spiro atoms. The molecule has 1 amide bonds. The number of hydrogen-bond acceptors (Lipinski definition) is 3. The molecule has 0 bridgehead atoms. The van der Waals surface area contributed by atoms with Crippen LogP contribution in [-0.2, 0) is 4.79 Å². The Labute approximate surface area is 111 Å². The van der Waals surface area contributed by atoms with Crippen LogP contribution in [0.2, 0.25) is 0 Å². The predicted molar refractivity (Wildman–Crippen MR) is 73.7 cm³/mol. The van der Waals surface area contributed by atoms with Crippen molar-refractivity contribution in [2.45, 2.75) is 32.2 Å². The van der Waals surface area contributed by atoms with Gasteiger partial charge in [0.05, 0.1) is 0 Å². The zero-order valence-electron chi connectivity index (χ0n) is 11.2. The highest BCUT2D eigenvalue weighted by Gasteiger charge is 2.22. The summed E-state index contributed by atoms with van der Waals surface area (Å²) in [5.74, 6) is 0.229. The second-order valence-corrected chi connectivity index (χ2v) is 4.72. The molecular weight excluding hydrogens is 238 g/mol. The lowest BCUT2D eigenvalue weighted by Crippen LogP contribution is -2.39. The number of rotatable bonds is 6. The Balaban J connectivity index is 0.00000256. The van der Waals surface area contributed by atoms with Gasteiger partial charge in [-0.05, 0) is 25.9 Å². The van der Waals surface area contributed by atoms with E-state index in [2.05, 4.69) is 17.1 Å². The zero-order chi connectivity index (χ0) is 12.0. The second-order valence-electron chi connectivity index (χ2n) is 4.72. The quantitative estimate of drug-likeness (QED) is 0.776. The fourth-order valence-electron chi connectivity index (χ4n) is 2.18. The van der Waals surface area contributed by atoms with Crippen LogP contribution in [0.5, 0.6) is 0 Å². The van der Waals surface area contributed by atoms with Crippen molar-refractivity contribution in [1.29, 1.82) is 0 Å². The van der Waals surface area contributed by atoms with Gasteiger partial charge in [-0.3, -0.25) is 9.69 Å². The van der Waals surface area contributed by atoms with Gasteiger partial charge in [-0.1, -0.05) is 6.92 Å². The van der Waals surface area contributed by atoms with Crippen LogP contribution in [0, 0.1) is 0 Å². The molecule has 5 heteroatoms. The third kappa shape index (κ3) is 5.70. The van der Waals surface area contributed by atoms with Crippen molar-refractivity contribution in [3.63, 3.8) is 0 Å². The summed E-state index contributed by atoms with van der Waals surface area (Å²) >= 11 is 0. The van der Waals surface area contributed by atoms with E-state index in [1.54, 1.807) is 4.90 Å². The Kier molecular flexibility index (Phi) is 8.56. The Morgan fingerprint density at radius 1 is 1.35 bits per heavy atom. The second kappa shape index (κ2) is 8.72. The standard InChI is InChI=1S/C12H25N3O.ClH/c1-4-8-15(11-5-7-13-10-11)9-6-12(16)14(2)3;/h11,13H,4-10H2,1-3H3;1H. The molecule has 1 heterocycles. The summed E-state index contributed by atoms with van der Waals surface area (Å²) in [6, 6.07) is 0.634. The average molecular weight is 264 g/mol.